The maximum atomic E-state index is 13.3. The topological polar surface area (TPSA) is 0 Å². The van der Waals surface area contributed by atoms with Crippen LogP contribution in [-0.2, 0) is 0 Å². The fourth-order valence-corrected chi connectivity index (χ4v) is 2.45. The van der Waals surface area contributed by atoms with Crippen LogP contribution >= 0.6 is 24.0 Å². The van der Waals surface area contributed by atoms with E-state index in [-0.39, 0.29) is 5.82 Å². The zero-order valence-corrected chi connectivity index (χ0v) is 8.18. The van der Waals surface area contributed by atoms with Crippen LogP contribution in [0.3, 0.4) is 0 Å². The Bertz CT molecular complexity index is 431. The van der Waals surface area contributed by atoms with E-state index in [2.05, 4.69) is 12.6 Å². The molecule has 0 aliphatic carbocycles. The average Bonchev–Trinajstić information content (AvgIpc) is 2.28. The van der Waals surface area contributed by atoms with Gasteiger partial charge in [-0.25, -0.2) is 4.39 Å². The van der Waals surface area contributed by atoms with Crippen LogP contribution in [0.1, 0.15) is 4.88 Å². The number of fused-ring (bicyclic) bond motifs is 1. The fraction of sp³-hybridized carbons (Fsp3) is 0.111. The lowest BCUT2D eigenvalue weighted by Gasteiger charge is -1.90. The van der Waals surface area contributed by atoms with E-state index >= 15 is 0 Å². The third-order valence-electron chi connectivity index (χ3n) is 1.77. The van der Waals surface area contributed by atoms with Gasteiger partial charge in [0.05, 0.1) is 0 Å². The van der Waals surface area contributed by atoms with Crippen molar-refractivity contribution in [2.75, 3.05) is 0 Å². The lowest BCUT2D eigenvalue weighted by molar-refractivity contribution is 0.636. The standard InChI is InChI=1S/C9H7FS2/c1-5-9(10)7-3-2-6(11)4-8(7)12-5/h2-4,11H,1H3. The van der Waals surface area contributed by atoms with Crippen molar-refractivity contribution in [2.24, 2.45) is 0 Å². The molecule has 0 saturated heterocycles. The molecule has 0 unspecified atom stereocenters. The minimum Gasteiger partial charge on any atom is -0.205 e. The van der Waals surface area contributed by atoms with Crippen LogP contribution in [0.15, 0.2) is 23.1 Å². The molecule has 0 N–H and O–H groups in total. The van der Waals surface area contributed by atoms with Crippen molar-refractivity contribution >= 4 is 34.1 Å². The highest BCUT2D eigenvalue weighted by Gasteiger charge is 2.07. The first-order valence-corrected chi connectivity index (χ1v) is 4.82. The molecule has 0 amide bonds. The van der Waals surface area contributed by atoms with E-state index in [9.17, 15) is 4.39 Å². The van der Waals surface area contributed by atoms with Crippen LogP contribution < -0.4 is 0 Å². The van der Waals surface area contributed by atoms with Crippen molar-refractivity contribution in [3.8, 4) is 0 Å². The van der Waals surface area contributed by atoms with E-state index in [0.29, 0.717) is 5.39 Å². The number of halogens is 1. The van der Waals surface area contributed by atoms with Gasteiger partial charge in [0.2, 0.25) is 0 Å². The van der Waals surface area contributed by atoms with Gasteiger partial charge in [0.15, 0.2) is 0 Å². The third kappa shape index (κ3) is 1.13. The first kappa shape index (κ1) is 8.08. The van der Waals surface area contributed by atoms with Crippen LogP contribution in [0.25, 0.3) is 10.1 Å². The van der Waals surface area contributed by atoms with Gasteiger partial charge in [-0.15, -0.1) is 24.0 Å². The van der Waals surface area contributed by atoms with E-state index < -0.39 is 0 Å². The number of aryl methyl sites for hydroxylation is 1. The summed E-state index contributed by atoms with van der Waals surface area (Å²) >= 11 is 5.66. The van der Waals surface area contributed by atoms with Gasteiger partial charge >= 0.3 is 0 Å². The zero-order valence-electron chi connectivity index (χ0n) is 6.47. The highest BCUT2D eigenvalue weighted by molar-refractivity contribution is 7.80. The molecule has 2 rings (SSSR count). The van der Waals surface area contributed by atoms with Gasteiger partial charge in [0, 0.05) is 19.9 Å². The Labute approximate surface area is 79.4 Å². The summed E-state index contributed by atoms with van der Waals surface area (Å²) in [7, 11) is 0. The van der Waals surface area contributed by atoms with Crippen molar-refractivity contribution in [1.29, 1.82) is 0 Å². The van der Waals surface area contributed by atoms with Crippen LogP contribution in [0, 0.1) is 12.7 Å². The summed E-state index contributed by atoms with van der Waals surface area (Å²) in [5, 5.41) is 0.704. The highest BCUT2D eigenvalue weighted by Crippen LogP contribution is 2.30. The Kier molecular flexibility index (Phi) is 1.85. The SMILES string of the molecule is Cc1sc2cc(S)ccc2c1F. The fourth-order valence-electron chi connectivity index (χ4n) is 1.18. The summed E-state index contributed by atoms with van der Waals surface area (Å²) < 4.78 is 14.2. The highest BCUT2D eigenvalue weighted by atomic mass is 32.1. The Morgan fingerprint density at radius 3 is 2.92 bits per heavy atom. The zero-order chi connectivity index (χ0) is 8.72. The number of thiophene rings is 1. The maximum Gasteiger partial charge on any atom is 0.144 e. The van der Waals surface area contributed by atoms with Gasteiger partial charge in [-0.1, -0.05) is 0 Å². The lowest BCUT2D eigenvalue weighted by atomic mass is 10.2. The molecule has 0 nitrogen and oxygen atoms in total. The summed E-state index contributed by atoms with van der Waals surface area (Å²) in [6.45, 7) is 1.79. The van der Waals surface area contributed by atoms with Gasteiger partial charge < -0.3 is 0 Å². The van der Waals surface area contributed by atoms with Crippen molar-refractivity contribution < 1.29 is 4.39 Å². The number of benzene rings is 1. The van der Waals surface area contributed by atoms with Gasteiger partial charge in [0.1, 0.15) is 5.82 Å². The molecule has 1 heterocycles. The molecule has 0 bridgehead atoms. The molecule has 12 heavy (non-hydrogen) atoms. The molecule has 0 spiro atoms. The van der Waals surface area contributed by atoms with Crippen molar-refractivity contribution in [3.05, 3.63) is 28.9 Å². The Morgan fingerprint density at radius 1 is 1.42 bits per heavy atom. The van der Waals surface area contributed by atoms with Gasteiger partial charge in [0.25, 0.3) is 0 Å². The maximum absolute atomic E-state index is 13.3. The van der Waals surface area contributed by atoms with Crippen molar-refractivity contribution in [3.63, 3.8) is 0 Å². The lowest BCUT2D eigenvalue weighted by Crippen LogP contribution is -1.71. The Morgan fingerprint density at radius 2 is 2.17 bits per heavy atom. The van der Waals surface area contributed by atoms with E-state index in [4.69, 9.17) is 0 Å². The quantitative estimate of drug-likeness (QED) is 0.614. The van der Waals surface area contributed by atoms with Crippen molar-refractivity contribution in [2.45, 2.75) is 11.8 Å². The first-order valence-electron chi connectivity index (χ1n) is 3.56. The van der Waals surface area contributed by atoms with Crippen LogP contribution in [0.2, 0.25) is 0 Å². The van der Waals surface area contributed by atoms with Gasteiger partial charge in [-0.05, 0) is 25.1 Å². The largest absolute Gasteiger partial charge is 0.205 e. The first-order chi connectivity index (χ1) is 5.68. The molecule has 62 valence electrons. The molecule has 0 aliphatic heterocycles. The molecular weight excluding hydrogens is 191 g/mol. The summed E-state index contributed by atoms with van der Waals surface area (Å²) in [5.74, 6) is -0.0941. The average molecular weight is 198 g/mol. The van der Waals surface area contributed by atoms with Gasteiger partial charge in [-0.2, -0.15) is 0 Å². The summed E-state index contributed by atoms with van der Waals surface area (Å²) in [4.78, 5) is 1.62. The molecule has 1 aromatic carbocycles. The molecule has 0 radical (unpaired) electrons. The van der Waals surface area contributed by atoms with E-state index in [0.717, 1.165) is 14.5 Å². The minimum atomic E-state index is -0.0941. The number of hydrogen-bond donors (Lipinski definition) is 1. The molecule has 0 fully saturated rings. The normalized spacial score (nSPS) is 10.9. The number of thiol groups is 1. The predicted octanol–water partition coefficient (Wildman–Crippen LogP) is 3.64. The second-order valence-electron chi connectivity index (χ2n) is 2.65. The summed E-state index contributed by atoms with van der Waals surface area (Å²) in [6, 6.07) is 5.47. The molecule has 0 aliphatic rings. The molecule has 1 aromatic heterocycles. The molecule has 3 heteroatoms. The second-order valence-corrected chi connectivity index (χ2v) is 4.43. The smallest absolute Gasteiger partial charge is 0.144 e. The molecule has 0 saturated carbocycles. The van der Waals surface area contributed by atoms with Crippen molar-refractivity contribution in [1.82, 2.24) is 0 Å². The third-order valence-corrected chi connectivity index (χ3v) is 3.10. The number of rotatable bonds is 0. The van der Waals surface area contributed by atoms with E-state index in [1.54, 1.807) is 19.1 Å². The summed E-state index contributed by atoms with van der Waals surface area (Å²) in [6.07, 6.45) is 0. The van der Waals surface area contributed by atoms with Gasteiger partial charge in [-0.3, -0.25) is 0 Å². The predicted molar refractivity (Wildman–Crippen MR) is 53.8 cm³/mol. The molecule has 0 atom stereocenters. The molecular formula is C9H7FS2. The minimum absolute atomic E-state index is 0.0941. The van der Waals surface area contributed by atoms with Crippen LogP contribution in [0.5, 0.6) is 0 Å². The Hall–Kier alpha value is -0.540. The van der Waals surface area contributed by atoms with Crippen LogP contribution in [-0.4, -0.2) is 0 Å². The van der Waals surface area contributed by atoms with E-state index in [1.165, 1.54) is 11.3 Å². The Balaban J connectivity index is 2.87. The van der Waals surface area contributed by atoms with E-state index in [1.807, 2.05) is 6.07 Å². The number of hydrogen-bond acceptors (Lipinski definition) is 2. The monoisotopic (exact) mass is 198 g/mol. The second kappa shape index (κ2) is 2.75. The van der Waals surface area contributed by atoms with Crippen LogP contribution in [0.4, 0.5) is 4.39 Å². The summed E-state index contributed by atoms with van der Waals surface area (Å²) in [5.41, 5.74) is 0. The molecule has 2 aromatic rings.